The first kappa shape index (κ1) is 12.1. The van der Waals surface area contributed by atoms with Crippen LogP contribution in [0.25, 0.3) is 0 Å². The van der Waals surface area contributed by atoms with E-state index in [0.717, 1.165) is 29.6 Å². The van der Waals surface area contributed by atoms with Gasteiger partial charge in [-0.1, -0.05) is 19.1 Å². The van der Waals surface area contributed by atoms with Crippen LogP contribution in [-0.4, -0.2) is 12.9 Å². The Morgan fingerprint density at radius 2 is 2.27 bits per heavy atom. The van der Waals surface area contributed by atoms with Crippen molar-refractivity contribution in [3.8, 4) is 5.75 Å². The molecule has 82 valence electrons. The molecule has 0 N–H and O–H groups in total. The third-order valence-electron chi connectivity index (χ3n) is 2.05. The van der Waals surface area contributed by atoms with Crippen LogP contribution in [0.2, 0.25) is 0 Å². The maximum absolute atomic E-state index is 10.4. The van der Waals surface area contributed by atoms with Crippen molar-refractivity contribution in [3.63, 3.8) is 0 Å². The molecule has 0 bridgehead atoms. The summed E-state index contributed by atoms with van der Waals surface area (Å²) >= 11 is 5.81. The molecule has 3 heteroatoms. The lowest BCUT2D eigenvalue weighted by Crippen LogP contribution is -1.99. The SMILES string of the molecule is CCCOc1ccc(CC=O)cc1CCl. The molecule has 0 atom stereocenters. The van der Waals surface area contributed by atoms with Crippen LogP contribution < -0.4 is 4.74 Å². The number of alkyl halides is 1. The zero-order chi connectivity index (χ0) is 11.1. The van der Waals surface area contributed by atoms with E-state index in [0.29, 0.717) is 18.9 Å². The summed E-state index contributed by atoms with van der Waals surface area (Å²) in [5, 5.41) is 0. The summed E-state index contributed by atoms with van der Waals surface area (Å²) in [5.41, 5.74) is 1.92. The average molecular weight is 227 g/mol. The Bertz CT molecular complexity index is 323. The Hall–Kier alpha value is -1.02. The van der Waals surface area contributed by atoms with Crippen molar-refractivity contribution in [2.24, 2.45) is 0 Å². The number of hydrogen-bond donors (Lipinski definition) is 0. The van der Waals surface area contributed by atoms with Crippen molar-refractivity contribution < 1.29 is 9.53 Å². The van der Waals surface area contributed by atoms with Gasteiger partial charge in [-0.25, -0.2) is 0 Å². The lowest BCUT2D eigenvalue weighted by atomic mass is 10.1. The minimum atomic E-state index is 0.408. The molecule has 0 aliphatic rings. The molecule has 1 aromatic rings. The molecule has 0 fully saturated rings. The first-order valence-electron chi connectivity index (χ1n) is 5.06. The second-order valence-electron chi connectivity index (χ2n) is 3.29. The Labute approximate surface area is 95.2 Å². The summed E-state index contributed by atoms with van der Waals surface area (Å²) in [6.07, 6.45) is 2.29. The standard InChI is InChI=1S/C12H15ClO2/c1-2-7-15-12-4-3-10(5-6-14)8-11(12)9-13/h3-4,6,8H,2,5,7,9H2,1H3. The van der Waals surface area contributed by atoms with Gasteiger partial charge in [0.25, 0.3) is 0 Å². The van der Waals surface area contributed by atoms with E-state index in [2.05, 4.69) is 6.92 Å². The van der Waals surface area contributed by atoms with E-state index < -0.39 is 0 Å². The van der Waals surface area contributed by atoms with Crippen LogP contribution >= 0.6 is 11.6 Å². The number of carbonyl (C=O) groups excluding carboxylic acids is 1. The molecule has 0 unspecified atom stereocenters. The second-order valence-corrected chi connectivity index (χ2v) is 3.56. The number of rotatable bonds is 6. The van der Waals surface area contributed by atoms with Crippen LogP contribution in [-0.2, 0) is 17.1 Å². The van der Waals surface area contributed by atoms with Crippen LogP contribution in [0.3, 0.4) is 0 Å². The molecule has 15 heavy (non-hydrogen) atoms. The minimum Gasteiger partial charge on any atom is -0.493 e. The van der Waals surface area contributed by atoms with Gasteiger partial charge in [0.1, 0.15) is 12.0 Å². The highest BCUT2D eigenvalue weighted by molar-refractivity contribution is 6.17. The van der Waals surface area contributed by atoms with Crippen molar-refractivity contribution in [3.05, 3.63) is 29.3 Å². The number of carbonyl (C=O) groups is 1. The molecule has 1 aromatic carbocycles. The lowest BCUT2D eigenvalue weighted by molar-refractivity contribution is -0.107. The van der Waals surface area contributed by atoms with E-state index in [-0.39, 0.29) is 0 Å². The molecule has 1 rings (SSSR count). The van der Waals surface area contributed by atoms with Gasteiger partial charge in [0, 0.05) is 12.0 Å². The van der Waals surface area contributed by atoms with Gasteiger partial charge < -0.3 is 9.53 Å². The van der Waals surface area contributed by atoms with E-state index in [1.165, 1.54) is 0 Å². The van der Waals surface area contributed by atoms with Crippen molar-refractivity contribution in [1.29, 1.82) is 0 Å². The van der Waals surface area contributed by atoms with Gasteiger partial charge in [-0.15, -0.1) is 11.6 Å². The molecular formula is C12H15ClO2. The highest BCUT2D eigenvalue weighted by Crippen LogP contribution is 2.22. The molecule has 0 spiro atoms. The lowest BCUT2D eigenvalue weighted by Gasteiger charge is -2.10. The minimum absolute atomic E-state index is 0.408. The van der Waals surface area contributed by atoms with Gasteiger partial charge in [0.15, 0.2) is 0 Å². The predicted molar refractivity (Wildman–Crippen MR) is 61.6 cm³/mol. The van der Waals surface area contributed by atoms with E-state index in [1.807, 2.05) is 18.2 Å². The Kier molecular flexibility index (Phi) is 5.19. The van der Waals surface area contributed by atoms with Crippen LogP contribution in [0.15, 0.2) is 18.2 Å². The summed E-state index contributed by atoms with van der Waals surface area (Å²) in [5.74, 6) is 1.23. The quantitative estimate of drug-likeness (QED) is 0.551. The first-order chi connectivity index (χ1) is 7.31. The number of halogens is 1. The highest BCUT2D eigenvalue weighted by atomic mass is 35.5. The summed E-state index contributed by atoms with van der Waals surface area (Å²) in [7, 11) is 0. The molecule has 2 nitrogen and oxygen atoms in total. The zero-order valence-corrected chi connectivity index (χ0v) is 9.59. The highest BCUT2D eigenvalue weighted by Gasteiger charge is 2.03. The molecule has 0 saturated heterocycles. The summed E-state index contributed by atoms with van der Waals surface area (Å²) in [6.45, 7) is 2.75. The molecular weight excluding hydrogens is 212 g/mol. The number of benzene rings is 1. The van der Waals surface area contributed by atoms with Crippen LogP contribution in [0.5, 0.6) is 5.75 Å². The normalized spacial score (nSPS) is 10.0. The molecule has 0 heterocycles. The van der Waals surface area contributed by atoms with Gasteiger partial charge in [0.05, 0.1) is 12.5 Å². The summed E-state index contributed by atoms with van der Waals surface area (Å²) in [6, 6.07) is 5.70. The van der Waals surface area contributed by atoms with Crippen molar-refractivity contribution >= 4 is 17.9 Å². The van der Waals surface area contributed by atoms with Crippen molar-refractivity contribution in [2.45, 2.75) is 25.6 Å². The number of hydrogen-bond acceptors (Lipinski definition) is 2. The Morgan fingerprint density at radius 1 is 1.47 bits per heavy atom. The monoisotopic (exact) mass is 226 g/mol. The van der Waals surface area contributed by atoms with Gasteiger partial charge in [-0.05, 0) is 18.1 Å². The fourth-order valence-corrected chi connectivity index (χ4v) is 1.52. The Balaban J connectivity index is 2.82. The fraction of sp³-hybridized carbons (Fsp3) is 0.417. The van der Waals surface area contributed by atoms with Crippen LogP contribution in [0, 0.1) is 0 Å². The van der Waals surface area contributed by atoms with E-state index in [9.17, 15) is 4.79 Å². The largest absolute Gasteiger partial charge is 0.493 e. The van der Waals surface area contributed by atoms with Gasteiger partial charge in [-0.2, -0.15) is 0 Å². The molecule has 0 aromatic heterocycles. The fourth-order valence-electron chi connectivity index (χ4n) is 1.31. The topological polar surface area (TPSA) is 26.3 Å². The summed E-state index contributed by atoms with van der Waals surface area (Å²) in [4.78, 5) is 10.4. The first-order valence-corrected chi connectivity index (χ1v) is 5.59. The van der Waals surface area contributed by atoms with Crippen LogP contribution in [0.4, 0.5) is 0 Å². The van der Waals surface area contributed by atoms with Crippen molar-refractivity contribution in [1.82, 2.24) is 0 Å². The third-order valence-corrected chi connectivity index (χ3v) is 2.34. The van der Waals surface area contributed by atoms with Crippen LogP contribution in [0.1, 0.15) is 24.5 Å². The van der Waals surface area contributed by atoms with Gasteiger partial charge >= 0.3 is 0 Å². The molecule has 0 aliphatic heterocycles. The van der Waals surface area contributed by atoms with Gasteiger partial charge in [0.2, 0.25) is 0 Å². The zero-order valence-electron chi connectivity index (χ0n) is 8.83. The maximum Gasteiger partial charge on any atom is 0.124 e. The molecule has 0 aliphatic carbocycles. The number of aldehydes is 1. The van der Waals surface area contributed by atoms with E-state index in [1.54, 1.807) is 0 Å². The molecule has 0 amide bonds. The Morgan fingerprint density at radius 3 is 2.87 bits per heavy atom. The predicted octanol–water partition coefficient (Wildman–Crippen LogP) is 2.96. The second kappa shape index (κ2) is 6.46. The van der Waals surface area contributed by atoms with E-state index in [4.69, 9.17) is 16.3 Å². The van der Waals surface area contributed by atoms with E-state index >= 15 is 0 Å². The van der Waals surface area contributed by atoms with Crippen molar-refractivity contribution in [2.75, 3.05) is 6.61 Å². The molecule has 0 radical (unpaired) electrons. The average Bonchev–Trinajstić information content (AvgIpc) is 2.27. The third kappa shape index (κ3) is 3.56. The summed E-state index contributed by atoms with van der Waals surface area (Å²) < 4.78 is 5.54. The maximum atomic E-state index is 10.4. The smallest absolute Gasteiger partial charge is 0.124 e. The number of ether oxygens (including phenoxy) is 1. The van der Waals surface area contributed by atoms with Gasteiger partial charge in [-0.3, -0.25) is 0 Å². The molecule has 0 saturated carbocycles.